The third-order valence-corrected chi connectivity index (χ3v) is 8.05. The number of aliphatic hydroxyl groups excluding tert-OH is 1. The normalized spacial score (nSPS) is 28.4. The Kier molecular flexibility index (Phi) is 9.20. The van der Waals surface area contributed by atoms with E-state index in [1.165, 1.54) is 35.9 Å². The van der Waals surface area contributed by atoms with Crippen molar-refractivity contribution in [3.63, 3.8) is 0 Å². The Morgan fingerprint density at radius 1 is 1.31 bits per heavy atom. The highest BCUT2D eigenvalue weighted by molar-refractivity contribution is 8.03. The van der Waals surface area contributed by atoms with E-state index in [1.807, 2.05) is 6.92 Å². The van der Waals surface area contributed by atoms with Gasteiger partial charge >= 0.3 is 12.1 Å². The van der Waals surface area contributed by atoms with Crippen LogP contribution >= 0.6 is 11.8 Å². The van der Waals surface area contributed by atoms with Crippen LogP contribution in [0.3, 0.4) is 0 Å². The zero-order valence-electron chi connectivity index (χ0n) is 20.8. The summed E-state index contributed by atoms with van der Waals surface area (Å²) in [6, 6.07) is -0.797. The highest BCUT2D eigenvalue weighted by Gasteiger charge is 2.60. The van der Waals surface area contributed by atoms with Crippen molar-refractivity contribution in [1.29, 1.82) is 0 Å². The van der Waals surface area contributed by atoms with Gasteiger partial charge in [-0.25, -0.2) is 9.59 Å². The summed E-state index contributed by atoms with van der Waals surface area (Å²) < 4.78 is 10.6. The molecule has 3 aliphatic rings. The molecule has 0 spiro atoms. The van der Waals surface area contributed by atoms with Gasteiger partial charge in [0.15, 0.2) is 0 Å². The summed E-state index contributed by atoms with van der Waals surface area (Å²) in [5, 5.41) is 14.0. The number of aliphatic hydroxyl groups is 1. The number of nitrogens with zero attached hydrogens (tertiary/aromatic N) is 3. The Bertz CT molecular complexity index is 966. The average molecular weight is 523 g/mol. The van der Waals surface area contributed by atoms with Crippen molar-refractivity contribution in [2.45, 2.75) is 43.7 Å². The van der Waals surface area contributed by atoms with Crippen LogP contribution in [0.15, 0.2) is 41.1 Å². The first-order valence-corrected chi connectivity index (χ1v) is 12.6. The maximum atomic E-state index is 13.0. The first-order valence-electron chi connectivity index (χ1n) is 11.8. The van der Waals surface area contributed by atoms with E-state index in [-0.39, 0.29) is 48.6 Å². The van der Waals surface area contributed by atoms with Crippen LogP contribution in [0.25, 0.3) is 0 Å². The summed E-state index contributed by atoms with van der Waals surface area (Å²) in [6.07, 6.45) is 2.03. The van der Waals surface area contributed by atoms with E-state index in [9.17, 15) is 19.5 Å². The second-order valence-electron chi connectivity index (χ2n) is 8.83. The number of thioether (sulfide) groups is 1. The van der Waals surface area contributed by atoms with Gasteiger partial charge in [0.05, 0.1) is 29.8 Å². The minimum Gasteiger partial charge on any atom is -0.457 e. The molecule has 2 fully saturated rings. The fourth-order valence-electron chi connectivity index (χ4n) is 5.02. The Morgan fingerprint density at radius 3 is 2.56 bits per heavy atom. The second kappa shape index (κ2) is 11.9. The fraction of sp³-hybridized carbons (Fsp3) is 0.583. The van der Waals surface area contributed by atoms with Crippen molar-refractivity contribution in [3.8, 4) is 0 Å². The molecule has 0 saturated carbocycles. The summed E-state index contributed by atoms with van der Waals surface area (Å²) in [5.41, 5.74) is 6.56. The number of nitrogens with two attached hydrogens (primary N) is 1. The van der Waals surface area contributed by atoms with Crippen LogP contribution in [0, 0.1) is 11.8 Å². The van der Waals surface area contributed by atoms with Gasteiger partial charge in [-0.1, -0.05) is 37.4 Å². The van der Waals surface area contributed by atoms with Gasteiger partial charge in [0, 0.05) is 29.2 Å². The molecule has 3 heterocycles. The molecule has 0 aromatic heterocycles. The molecule has 2 amide bonds. The fourth-order valence-corrected chi connectivity index (χ4v) is 6.54. The smallest absolute Gasteiger partial charge is 0.410 e. The number of esters is 1. The Labute approximate surface area is 214 Å². The van der Waals surface area contributed by atoms with Crippen molar-refractivity contribution in [2.75, 3.05) is 33.4 Å². The number of rotatable bonds is 11. The van der Waals surface area contributed by atoms with E-state index in [1.54, 1.807) is 11.8 Å². The Balaban J connectivity index is 1.91. The quantitative estimate of drug-likeness (QED) is 0.135. The molecular weight excluding hydrogens is 488 g/mol. The van der Waals surface area contributed by atoms with Crippen LogP contribution < -0.4 is 5.73 Å². The zero-order chi connectivity index (χ0) is 26.6. The van der Waals surface area contributed by atoms with Crippen molar-refractivity contribution < 1.29 is 33.8 Å². The van der Waals surface area contributed by atoms with Gasteiger partial charge in [0.25, 0.3) is 0 Å². The van der Waals surface area contributed by atoms with Crippen LogP contribution in [-0.2, 0) is 23.9 Å². The molecule has 3 N–H and O–H groups in total. The molecule has 2 saturated heterocycles. The number of amides is 2. The SMILES string of the molecule is C=CCOC(=O)C1=C(S[C@H]2C[C@@H](/C(CN)=N/OC)N(C(=O)OCC=C)C2)[C@H](C)[C@@H]2[C@@H]([C@@H](C)O)C(=O)N12. The van der Waals surface area contributed by atoms with Gasteiger partial charge in [-0.15, -0.1) is 11.8 Å². The number of carbonyl (C=O) groups excluding carboxylic acids is 3. The molecule has 12 heteroatoms. The Morgan fingerprint density at radius 2 is 1.97 bits per heavy atom. The summed E-state index contributed by atoms with van der Waals surface area (Å²) in [5.74, 6) is -1.73. The molecule has 36 heavy (non-hydrogen) atoms. The van der Waals surface area contributed by atoms with Crippen LogP contribution in [0.2, 0.25) is 0 Å². The minimum absolute atomic E-state index is 0.00293. The first-order chi connectivity index (χ1) is 17.2. The van der Waals surface area contributed by atoms with Crippen molar-refractivity contribution in [1.82, 2.24) is 9.80 Å². The molecule has 0 aromatic rings. The molecule has 6 atom stereocenters. The minimum atomic E-state index is -0.848. The van der Waals surface area contributed by atoms with Gasteiger partial charge in [-0.3, -0.25) is 9.69 Å². The van der Waals surface area contributed by atoms with Crippen molar-refractivity contribution >= 4 is 35.4 Å². The molecule has 0 unspecified atom stereocenters. The summed E-state index contributed by atoms with van der Waals surface area (Å²) in [7, 11) is 1.41. The lowest BCUT2D eigenvalue weighted by Gasteiger charge is -2.46. The first kappa shape index (κ1) is 27.8. The van der Waals surface area contributed by atoms with E-state index in [0.717, 1.165) is 0 Å². The van der Waals surface area contributed by atoms with Gasteiger partial charge in [-0.05, 0) is 13.3 Å². The van der Waals surface area contributed by atoms with E-state index in [4.69, 9.17) is 20.0 Å². The van der Waals surface area contributed by atoms with Crippen LogP contribution in [0.1, 0.15) is 20.3 Å². The topological polar surface area (TPSA) is 144 Å². The second-order valence-corrected chi connectivity index (χ2v) is 10.2. The predicted molar refractivity (Wildman–Crippen MR) is 135 cm³/mol. The monoisotopic (exact) mass is 522 g/mol. The number of hydrogen-bond acceptors (Lipinski definition) is 10. The molecule has 3 rings (SSSR count). The van der Waals surface area contributed by atoms with Gasteiger partial charge in [0.1, 0.15) is 26.0 Å². The molecule has 0 bridgehead atoms. The van der Waals surface area contributed by atoms with Crippen molar-refractivity contribution in [3.05, 3.63) is 35.9 Å². The summed E-state index contributed by atoms with van der Waals surface area (Å²) in [6.45, 7) is 11.1. The van der Waals surface area contributed by atoms with Crippen LogP contribution in [0.5, 0.6) is 0 Å². The van der Waals surface area contributed by atoms with Gasteiger partial charge in [0.2, 0.25) is 5.91 Å². The van der Waals surface area contributed by atoms with E-state index in [2.05, 4.69) is 18.3 Å². The third-order valence-electron chi connectivity index (χ3n) is 6.55. The van der Waals surface area contributed by atoms with Crippen LogP contribution in [0.4, 0.5) is 4.79 Å². The van der Waals surface area contributed by atoms with E-state index < -0.39 is 30.1 Å². The summed E-state index contributed by atoms with van der Waals surface area (Å²) in [4.78, 5) is 47.3. The zero-order valence-corrected chi connectivity index (χ0v) is 21.6. The predicted octanol–water partition coefficient (Wildman–Crippen LogP) is 1.24. The van der Waals surface area contributed by atoms with E-state index >= 15 is 0 Å². The van der Waals surface area contributed by atoms with Gasteiger partial charge < -0.3 is 30.1 Å². The molecule has 0 radical (unpaired) electrons. The van der Waals surface area contributed by atoms with Crippen molar-refractivity contribution in [2.24, 2.45) is 22.7 Å². The molecule has 3 aliphatic heterocycles. The largest absolute Gasteiger partial charge is 0.457 e. The van der Waals surface area contributed by atoms with E-state index in [0.29, 0.717) is 23.6 Å². The highest BCUT2D eigenvalue weighted by atomic mass is 32.2. The lowest BCUT2D eigenvalue weighted by atomic mass is 9.79. The number of hydrogen-bond donors (Lipinski definition) is 2. The number of oxime groups is 1. The number of ether oxygens (including phenoxy) is 2. The molecule has 0 aliphatic carbocycles. The average Bonchev–Trinajstić information content (AvgIpc) is 3.37. The van der Waals surface area contributed by atoms with Gasteiger partial charge in [-0.2, -0.15) is 0 Å². The highest BCUT2D eigenvalue weighted by Crippen LogP contribution is 2.52. The summed E-state index contributed by atoms with van der Waals surface area (Å²) >= 11 is 1.42. The maximum absolute atomic E-state index is 13.0. The number of β-lactam (4-membered cyclic amide) rings is 1. The number of fused-ring (bicyclic) bond motifs is 1. The standard InChI is InChI=1S/C24H34N4O7S/c1-6-8-34-23(31)20-21(13(3)19-18(14(4)29)22(30)28(19)20)36-15-10-17(16(11-25)26-33-5)27(12-15)24(32)35-9-7-2/h6-7,13-15,17-19,29H,1-2,8-12,25H2,3-5H3/b26-16+/t13-,14-,15+,17+,18-,19-/m1/s1. The lowest BCUT2D eigenvalue weighted by molar-refractivity contribution is -0.164. The molecular formula is C24H34N4O7S. The maximum Gasteiger partial charge on any atom is 0.410 e. The molecule has 0 aromatic carbocycles. The molecule has 11 nitrogen and oxygen atoms in total. The lowest BCUT2D eigenvalue weighted by Crippen LogP contribution is -2.63. The number of carbonyl (C=O) groups is 3. The van der Waals surface area contributed by atoms with Crippen LogP contribution in [-0.4, -0.2) is 95.4 Å². The third kappa shape index (κ3) is 5.16. The molecule has 198 valence electrons. The Hall–Kier alpha value is -2.83. The number of likely N-dealkylation sites (tertiary alicyclic amines) is 1.